The second-order valence-corrected chi connectivity index (χ2v) is 9.15. The molecule has 27 heavy (non-hydrogen) atoms. The Balaban J connectivity index is 1.85. The van der Waals surface area contributed by atoms with Crippen molar-refractivity contribution in [2.24, 2.45) is 0 Å². The standard InChI is InChI=1S/C21H28N2O3S/c1-4-23(19-9-6-5-7-10-19)16-8-15-22-21(24)18-11-13-20(14-12-18)27(25,26)17(2)3/h5-7,9-14,17H,4,8,15-16H2,1-3H3,(H,22,24). The fourth-order valence-corrected chi connectivity index (χ4v) is 3.81. The minimum Gasteiger partial charge on any atom is -0.372 e. The summed E-state index contributed by atoms with van der Waals surface area (Å²) < 4.78 is 24.3. The van der Waals surface area contributed by atoms with Crippen LogP contribution in [0.1, 0.15) is 37.6 Å². The number of carbonyl (C=O) groups is 1. The highest BCUT2D eigenvalue weighted by atomic mass is 32.2. The van der Waals surface area contributed by atoms with Gasteiger partial charge in [0.1, 0.15) is 0 Å². The highest BCUT2D eigenvalue weighted by Crippen LogP contribution is 2.16. The number of sulfone groups is 1. The van der Waals surface area contributed by atoms with Gasteiger partial charge in [0.25, 0.3) is 5.91 Å². The van der Waals surface area contributed by atoms with E-state index >= 15 is 0 Å². The molecule has 0 aromatic heterocycles. The molecule has 0 saturated carbocycles. The number of nitrogens with zero attached hydrogens (tertiary/aromatic N) is 1. The smallest absolute Gasteiger partial charge is 0.251 e. The van der Waals surface area contributed by atoms with Crippen LogP contribution in [0.3, 0.4) is 0 Å². The summed E-state index contributed by atoms with van der Waals surface area (Å²) in [6.45, 7) is 7.72. The molecule has 1 amide bonds. The predicted octanol–water partition coefficient (Wildman–Crippen LogP) is 3.52. The average Bonchev–Trinajstić information content (AvgIpc) is 2.68. The number of hydrogen-bond donors (Lipinski definition) is 1. The van der Waals surface area contributed by atoms with Crippen molar-refractivity contribution in [1.29, 1.82) is 0 Å². The van der Waals surface area contributed by atoms with E-state index in [9.17, 15) is 13.2 Å². The van der Waals surface area contributed by atoms with Crippen molar-refractivity contribution >= 4 is 21.4 Å². The summed E-state index contributed by atoms with van der Waals surface area (Å²) >= 11 is 0. The first kappa shape index (κ1) is 21.0. The van der Waals surface area contributed by atoms with Crippen LogP contribution in [0.2, 0.25) is 0 Å². The third kappa shape index (κ3) is 5.57. The van der Waals surface area contributed by atoms with Crippen LogP contribution < -0.4 is 10.2 Å². The largest absolute Gasteiger partial charge is 0.372 e. The van der Waals surface area contributed by atoms with E-state index < -0.39 is 15.1 Å². The van der Waals surface area contributed by atoms with E-state index in [4.69, 9.17) is 0 Å². The van der Waals surface area contributed by atoms with E-state index in [1.807, 2.05) is 18.2 Å². The monoisotopic (exact) mass is 388 g/mol. The Morgan fingerprint density at radius 1 is 1.04 bits per heavy atom. The van der Waals surface area contributed by atoms with Gasteiger partial charge in [0.2, 0.25) is 0 Å². The van der Waals surface area contributed by atoms with Crippen molar-refractivity contribution < 1.29 is 13.2 Å². The Morgan fingerprint density at radius 2 is 1.67 bits per heavy atom. The number of carbonyl (C=O) groups excluding carboxylic acids is 1. The van der Waals surface area contributed by atoms with E-state index in [1.165, 1.54) is 17.8 Å². The highest BCUT2D eigenvalue weighted by Gasteiger charge is 2.19. The maximum absolute atomic E-state index is 12.2. The molecule has 2 aromatic carbocycles. The number of para-hydroxylation sites is 1. The highest BCUT2D eigenvalue weighted by molar-refractivity contribution is 7.92. The minimum atomic E-state index is -3.32. The first-order valence-corrected chi connectivity index (χ1v) is 10.8. The van der Waals surface area contributed by atoms with Gasteiger partial charge in [-0.05, 0) is 63.6 Å². The van der Waals surface area contributed by atoms with Gasteiger partial charge >= 0.3 is 0 Å². The van der Waals surface area contributed by atoms with Gasteiger partial charge in [-0.2, -0.15) is 0 Å². The summed E-state index contributed by atoms with van der Waals surface area (Å²) in [6.07, 6.45) is 0.828. The zero-order chi connectivity index (χ0) is 19.9. The summed E-state index contributed by atoms with van der Waals surface area (Å²) in [7, 11) is -3.32. The molecule has 0 spiro atoms. The van der Waals surface area contributed by atoms with E-state index in [0.717, 1.165) is 19.5 Å². The molecule has 0 heterocycles. The van der Waals surface area contributed by atoms with Crippen molar-refractivity contribution in [3.05, 3.63) is 60.2 Å². The van der Waals surface area contributed by atoms with Gasteiger partial charge in [-0.25, -0.2) is 8.42 Å². The number of amides is 1. The summed E-state index contributed by atoms with van der Waals surface area (Å²) in [5.41, 5.74) is 1.64. The summed E-state index contributed by atoms with van der Waals surface area (Å²) in [5.74, 6) is -0.189. The first-order chi connectivity index (χ1) is 12.9. The van der Waals surface area contributed by atoms with Gasteiger partial charge in [0.05, 0.1) is 10.1 Å². The van der Waals surface area contributed by atoms with Crippen LogP contribution in [0.25, 0.3) is 0 Å². The maximum atomic E-state index is 12.2. The summed E-state index contributed by atoms with van der Waals surface area (Å²) in [6, 6.07) is 16.3. The van der Waals surface area contributed by atoms with E-state index in [1.54, 1.807) is 26.0 Å². The number of anilines is 1. The molecule has 0 fully saturated rings. The quantitative estimate of drug-likeness (QED) is 0.668. The Hall–Kier alpha value is -2.34. The molecule has 0 aliphatic heterocycles. The van der Waals surface area contributed by atoms with Crippen molar-refractivity contribution in [2.75, 3.05) is 24.5 Å². The molecule has 0 aliphatic carbocycles. The molecule has 5 nitrogen and oxygen atoms in total. The zero-order valence-electron chi connectivity index (χ0n) is 16.2. The van der Waals surface area contributed by atoms with E-state index in [2.05, 4.69) is 29.3 Å². The van der Waals surface area contributed by atoms with Gasteiger partial charge in [0, 0.05) is 30.9 Å². The maximum Gasteiger partial charge on any atom is 0.251 e. The van der Waals surface area contributed by atoms with Gasteiger partial charge in [0.15, 0.2) is 9.84 Å². The Kier molecular flexibility index (Phi) is 7.42. The molecule has 0 unspecified atom stereocenters. The lowest BCUT2D eigenvalue weighted by atomic mass is 10.2. The van der Waals surface area contributed by atoms with Crippen LogP contribution in [0.5, 0.6) is 0 Å². The summed E-state index contributed by atoms with van der Waals surface area (Å²) in [5, 5.41) is 2.41. The second-order valence-electron chi connectivity index (χ2n) is 6.64. The molecule has 0 aliphatic rings. The predicted molar refractivity (Wildman–Crippen MR) is 110 cm³/mol. The lowest BCUT2D eigenvalue weighted by molar-refractivity contribution is 0.0953. The SMILES string of the molecule is CCN(CCCNC(=O)c1ccc(S(=O)(=O)C(C)C)cc1)c1ccccc1. The number of rotatable bonds is 9. The average molecular weight is 389 g/mol. The molecule has 0 atom stereocenters. The molecular formula is C21H28N2O3S. The van der Waals surface area contributed by atoms with Gasteiger partial charge in [-0.3, -0.25) is 4.79 Å². The molecule has 0 saturated heterocycles. The van der Waals surface area contributed by atoms with Gasteiger partial charge < -0.3 is 10.2 Å². The third-order valence-electron chi connectivity index (χ3n) is 4.46. The molecule has 0 radical (unpaired) electrons. The molecule has 0 bridgehead atoms. The minimum absolute atomic E-state index is 0.189. The Morgan fingerprint density at radius 3 is 2.22 bits per heavy atom. The third-order valence-corrected chi connectivity index (χ3v) is 6.63. The van der Waals surface area contributed by atoms with Crippen LogP contribution in [-0.2, 0) is 9.84 Å². The number of nitrogens with one attached hydrogen (secondary N) is 1. The lowest BCUT2D eigenvalue weighted by Gasteiger charge is -2.23. The fourth-order valence-electron chi connectivity index (χ4n) is 2.75. The second kappa shape index (κ2) is 9.55. The Bertz CT molecular complexity index is 831. The van der Waals surface area contributed by atoms with Gasteiger partial charge in [-0.15, -0.1) is 0 Å². The molecule has 1 N–H and O–H groups in total. The van der Waals surface area contributed by atoms with Crippen molar-refractivity contribution in [1.82, 2.24) is 5.32 Å². The topological polar surface area (TPSA) is 66.5 Å². The molecule has 2 aromatic rings. The fraction of sp³-hybridized carbons (Fsp3) is 0.381. The first-order valence-electron chi connectivity index (χ1n) is 9.28. The Labute approximate surface area is 162 Å². The van der Waals surface area contributed by atoms with Crippen molar-refractivity contribution in [3.8, 4) is 0 Å². The van der Waals surface area contributed by atoms with Crippen LogP contribution in [-0.4, -0.2) is 39.2 Å². The number of hydrogen-bond acceptors (Lipinski definition) is 4. The normalized spacial score (nSPS) is 11.4. The van der Waals surface area contributed by atoms with Crippen molar-refractivity contribution in [3.63, 3.8) is 0 Å². The lowest BCUT2D eigenvalue weighted by Crippen LogP contribution is -2.30. The molecular weight excluding hydrogens is 360 g/mol. The van der Waals surface area contributed by atoms with Gasteiger partial charge in [-0.1, -0.05) is 18.2 Å². The van der Waals surface area contributed by atoms with Crippen LogP contribution in [0, 0.1) is 0 Å². The number of benzene rings is 2. The zero-order valence-corrected chi connectivity index (χ0v) is 17.0. The molecule has 6 heteroatoms. The van der Waals surface area contributed by atoms with E-state index in [-0.39, 0.29) is 10.8 Å². The van der Waals surface area contributed by atoms with E-state index in [0.29, 0.717) is 12.1 Å². The summed E-state index contributed by atoms with van der Waals surface area (Å²) in [4.78, 5) is 14.8. The van der Waals surface area contributed by atoms with Crippen molar-refractivity contribution in [2.45, 2.75) is 37.3 Å². The van der Waals surface area contributed by atoms with Crippen LogP contribution >= 0.6 is 0 Å². The molecule has 2 rings (SSSR count). The molecule has 146 valence electrons. The van der Waals surface area contributed by atoms with Crippen LogP contribution in [0.15, 0.2) is 59.5 Å². The van der Waals surface area contributed by atoms with Crippen LogP contribution in [0.4, 0.5) is 5.69 Å².